The van der Waals surface area contributed by atoms with Gasteiger partial charge in [-0.25, -0.2) is 15.0 Å². The monoisotopic (exact) mass is 266 g/mol. The fourth-order valence-electron chi connectivity index (χ4n) is 2.25. The summed E-state index contributed by atoms with van der Waals surface area (Å²) in [5.74, 6) is 1.63. The average molecular weight is 266 g/mol. The van der Waals surface area contributed by atoms with Crippen molar-refractivity contribution in [3.05, 3.63) is 42.4 Å². The van der Waals surface area contributed by atoms with Crippen LogP contribution in [0, 0.1) is 11.3 Å². The Bertz CT molecular complexity index is 613. The van der Waals surface area contributed by atoms with Crippen molar-refractivity contribution in [2.45, 2.75) is 0 Å². The van der Waals surface area contributed by atoms with Gasteiger partial charge in [0.15, 0.2) is 0 Å². The molecule has 0 saturated carbocycles. The van der Waals surface area contributed by atoms with E-state index in [1.165, 1.54) is 0 Å². The number of pyridine rings is 1. The third-order valence-electron chi connectivity index (χ3n) is 3.31. The van der Waals surface area contributed by atoms with Crippen molar-refractivity contribution in [3.8, 4) is 6.07 Å². The lowest BCUT2D eigenvalue weighted by molar-refractivity contribution is 0.634. The quantitative estimate of drug-likeness (QED) is 0.810. The molecule has 2 aromatic heterocycles. The molecule has 0 atom stereocenters. The third-order valence-corrected chi connectivity index (χ3v) is 3.31. The van der Waals surface area contributed by atoms with Crippen molar-refractivity contribution in [1.82, 2.24) is 15.0 Å². The molecule has 1 aliphatic rings. The Balaban J connectivity index is 1.68. The molecule has 3 rings (SSSR count). The first-order chi connectivity index (χ1) is 9.86. The van der Waals surface area contributed by atoms with Crippen LogP contribution in [-0.2, 0) is 0 Å². The van der Waals surface area contributed by atoms with E-state index in [0.29, 0.717) is 5.56 Å². The van der Waals surface area contributed by atoms with Crippen LogP contribution < -0.4 is 9.80 Å². The predicted molar refractivity (Wildman–Crippen MR) is 75.4 cm³/mol. The zero-order valence-corrected chi connectivity index (χ0v) is 11.0. The summed E-state index contributed by atoms with van der Waals surface area (Å²) in [5.41, 5.74) is 0.642. The van der Waals surface area contributed by atoms with Gasteiger partial charge in [-0.1, -0.05) is 0 Å². The maximum Gasteiger partial charge on any atom is 0.225 e. The smallest absolute Gasteiger partial charge is 0.225 e. The Morgan fingerprint density at radius 3 is 2.35 bits per heavy atom. The maximum atomic E-state index is 8.93. The Morgan fingerprint density at radius 2 is 1.65 bits per heavy atom. The van der Waals surface area contributed by atoms with Gasteiger partial charge < -0.3 is 9.80 Å². The van der Waals surface area contributed by atoms with Gasteiger partial charge in [0, 0.05) is 44.8 Å². The summed E-state index contributed by atoms with van der Waals surface area (Å²) >= 11 is 0. The Hall–Kier alpha value is -2.68. The van der Waals surface area contributed by atoms with Gasteiger partial charge in [-0.3, -0.25) is 0 Å². The highest BCUT2D eigenvalue weighted by Gasteiger charge is 2.19. The van der Waals surface area contributed by atoms with Gasteiger partial charge in [0.25, 0.3) is 0 Å². The average Bonchev–Trinajstić information content (AvgIpc) is 2.56. The molecule has 3 heterocycles. The van der Waals surface area contributed by atoms with Crippen molar-refractivity contribution >= 4 is 11.8 Å². The topological polar surface area (TPSA) is 68.9 Å². The van der Waals surface area contributed by atoms with Crippen molar-refractivity contribution in [3.63, 3.8) is 0 Å². The van der Waals surface area contributed by atoms with Crippen LogP contribution in [0.25, 0.3) is 0 Å². The van der Waals surface area contributed by atoms with Crippen molar-refractivity contribution in [2.75, 3.05) is 36.0 Å². The summed E-state index contributed by atoms with van der Waals surface area (Å²) in [7, 11) is 0. The first kappa shape index (κ1) is 12.4. The fourth-order valence-corrected chi connectivity index (χ4v) is 2.25. The van der Waals surface area contributed by atoms with E-state index >= 15 is 0 Å². The molecule has 100 valence electrons. The zero-order valence-electron chi connectivity index (χ0n) is 11.0. The van der Waals surface area contributed by atoms with E-state index in [1.807, 2.05) is 12.1 Å². The first-order valence-electron chi connectivity index (χ1n) is 6.50. The highest BCUT2D eigenvalue weighted by Crippen LogP contribution is 2.16. The van der Waals surface area contributed by atoms with Crippen LogP contribution in [0.15, 0.2) is 36.8 Å². The van der Waals surface area contributed by atoms with Crippen LogP contribution >= 0.6 is 0 Å². The van der Waals surface area contributed by atoms with Crippen LogP contribution in [0.4, 0.5) is 11.8 Å². The minimum atomic E-state index is 0.642. The lowest BCUT2D eigenvalue weighted by Crippen LogP contribution is -2.47. The van der Waals surface area contributed by atoms with E-state index in [9.17, 15) is 0 Å². The van der Waals surface area contributed by atoms with Crippen LogP contribution in [0.1, 0.15) is 5.56 Å². The largest absolute Gasteiger partial charge is 0.353 e. The molecule has 0 radical (unpaired) electrons. The Morgan fingerprint density at radius 1 is 0.950 bits per heavy atom. The number of hydrogen-bond donors (Lipinski definition) is 0. The molecule has 6 heteroatoms. The van der Waals surface area contributed by atoms with E-state index < -0.39 is 0 Å². The predicted octanol–water partition coefficient (Wildman–Crippen LogP) is 1.07. The number of rotatable bonds is 2. The molecule has 0 aromatic carbocycles. The molecule has 1 aliphatic heterocycles. The van der Waals surface area contributed by atoms with Crippen molar-refractivity contribution in [2.24, 2.45) is 0 Å². The minimum Gasteiger partial charge on any atom is -0.353 e. The summed E-state index contributed by atoms with van der Waals surface area (Å²) in [4.78, 5) is 17.2. The Kier molecular flexibility index (Phi) is 3.42. The van der Waals surface area contributed by atoms with Gasteiger partial charge in [-0.15, -0.1) is 0 Å². The van der Waals surface area contributed by atoms with Gasteiger partial charge in [0.2, 0.25) is 5.95 Å². The number of nitrogens with zero attached hydrogens (tertiary/aromatic N) is 6. The van der Waals surface area contributed by atoms with E-state index in [-0.39, 0.29) is 0 Å². The van der Waals surface area contributed by atoms with Gasteiger partial charge in [-0.05, 0) is 18.2 Å². The summed E-state index contributed by atoms with van der Waals surface area (Å²) in [5, 5.41) is 8.93. The molecule has 0 aliphatic carbocycles. The first-order valence-corrected chi connectivity index (χ1v) is 6.50. The molecule has 0 unspecified atom stereocenters. The zero-order chi connectivity index (χ0) is 13.8. The molecule has 0 amide bonds. The number of anilines is 2. The summed E-state index contributed by atoms with van der Waals surface area (Å²) in [6, 6.07) is 7.51. The second-order valence-electron chi connectivity index (χ2n) is 4.54. The van der Waals surface area contributed by atoms with E-state index in [4.69, 9.17) is 5.26 Å². The molecule has 2 aromatic rings. The molecule has 0 bridgehead atoms. The highest BCUT2D eigenvalue weighted by atomic mass is 15.3. The van der Waals surface area contributed by atoms with Gasteiger partial charge >= 0.3 is 0 Å². The SMILES string of the molecule is N#Cc1ccnc(N2CCN(c3ncccn3)CC2)c1. The van der Waals surface area contributed by atoms with Crippen molar-refractivity contribution in [1.29, 1.82) is 5.26 Å². The normalized spacial score (nSPS) is 14.9. The van der Waals surface area contributed by atoms with Crippen LogP contribution in [0.5, 0.6) is 0 Å². The molecular weight excluding hydrogens is 252 g/mol. The summed E-state index contributed by atoms with van der Waals surface area (Å²) in [6.45, 7) is 3.39. The van der Waals surface area contributed by atoms with Crippen LogP contribution in [0.2, 0.25) is 0 Å². The number of aromatic nitrogens is 3. The maximum absolute atomic E-state index is 8.93. The molecule has 0 spiro atoms. The third kappa shape index (κ3) is 2.52. The van der Waals surface area contributed by atoms with E-state index in [2.05, 4.69) is 30.8 Å². The molecule has 6 nitrogen and oxygen atoms in total. The minimum absolute atomic E-state index is 0.642. The number of hydrogen-bond acceptors (Lipinski definition) is 6. The summed E-state index contributed by atoms with van der Waals surface area (Å²) in [6.07, 6.45) is 5.19. The molecule has 1 fully saturated rings. The second-order valence-corrected chi connectivity index (χ2v) is 4.54. The summed E-state index contributed by atoms with van der Waals surface area (Å²) < 4.78 is 0. The number of nitriles is 1. The molecule has 0 N–H and O–H groups in total. The van der Waals surface area contributed by atoms with Crippen LogP contribution in [0.3, 0.4) is 0 Å². The molecule has 20 heavy (non-hydrogen) atoms. The lowest BCUT2D eigenvalue weighted by atomic mass is 10.2. The van der Waals surface area contributed by atoms with Gasteiger partial charge in [0.05, 0.1) is 11.6 Å². The molecule has 1 saturated heterocycles. The fraction of sp³-hybridized carbons (Fsp3) is 0.286. The highest BCUT2D eigenvalue weighted by molar-refractivity contribution is 5.46. The van der Waals surface area contributed by atoms with Gasteiger partial charge in [-0.2, -0.15) is 5.26 Å². The molecular formula is C14H14N6. The van der Waals surface area contributed by atoms with Crippen molar-refractivity contribution < 1.29 is 0 Å². The second kappa shape index (κ2) is 5.53. The standard InChI is InChI=1S/C14H14N6/c15-11-12-2-5-16-13(10-12)19-6-8-20(9-7-19)14-17-3-1-4-18-14/h1-5,10H,6-9H2. The van der Waals surface area contributed by atoms with E-state index in [1.54, 1.807) is 24.7 Å². The Labute approximate surface area is 117 Å². The van der Waals surface area contributed by atoms with E-state index in [0.717, 1.165) is 37.9 Å². The lowest BCUT2D eigenvalue weighted by Gasteiger charge is -2.35. The number of piperazine rings is 1. The van der Waals surface area contributed by atoms with Crippen LogP contribution in [-0.4, -0.2) is 41.1 Å². The van der Waals surface area contributed by atoms with Gasteiger partial charge in [0.1, 0.15) is 5.82 Å².